The molecule has 0 saturated heterocycles. The van der Waals surface area contributed by atoms with Crippen LogP contribution in [0.5, 0.6) is 0 Å². The molecule has 2 aliphatic heterocycles. The summed E-state index contributed by atoms with van der Waals surface area (Å²) in [4.78, 5) is 60.0. The van der Waals surface area contributed by atoms with Crippen LogP contribution in [0.1, 0.15) is 91.8 Å². The van der Waals surface area contributed by atoms with Crippen LogP contribution in [0.25, 0.3) is 33.9 Å². The molecule has 0 atom stereocenters. The number of hydrogen-bond acceptors (Lipinski definition) is 9. The Morgan fingerprint density at radius 3 is 1.56 bits per heavy atom. The number of amides is 4. The Labute approximate surface area is 369 Å². The third-order valence-corrected chi connectivity index (χ3v) is 9.35. The van der Waals surface area contributed by atoms with Gasteiger partial charge in [0.25, 0.3) is 0 Å². The lowest BCUT2D eigenvalue weighted by molar-refractivity contribution is -0.137. The average Bonchev–Trinajstić information content (AvgIpc) is 3.55. The molecule has 4 amide bonds. The summed E-state index contributed by atoms with van der Waals surface area (Å²) in [5.41, 5.74) is -0.286. The van der Waals surface area contributed by atoms with Crippen molar-refractivity contribution in [2.75, 3.05) is 26.2 Å². The molecule has 5 rings (SSSR count). The summed E-state index contributed by atoms with van der Waals surface area (Å²) in [5.74, 6) is 0.328. The van der Waals surface area contributed by atoms with Crippen molar-refractivity contribution in [3.8, 4) is 22.8 Å². The van der Waals surface area contributed by atoms with Gasteiger partial charge in [-0.1, -0.05) is 48.6 Å². The van der Waals surface area contributed by atoms with Crippen molar-refractivity contribution in [1.82, 2.24) is 35.2 Å². The number of carbonyl (C=O) groups is 4. The van der Waals surface area contributed by atoms with Crippen molar-refractivity contribution < 1.29 is 51.7 Å². The molecule has 3 aromatic rings. The molecule has 0 radical (unpaired) electrons. The molecule has 0 spiro atoms. The monoisotopic (exact) mass is 893 g/mol. The SMILES string of the molecule is Cn1c(-c2ccc(C3=CCN(C(=NC(=O)OC(C)(C)C)NC(=O)O)CC3)cc2)nnc1-c1ccc(C2=CCN(C(=NC(=O)OC(C)(C)C)NC(=O)OC(C)(C)C)CC2)c(C(F)(F)F)c1. The number of aliphatic imine (C=N–C) groups is 2. The van der Waals surface area contributed by atoms with Gasteiger partial charge in [0.2, 0.25) is 11.9 Å². The minimum absolute atomic E-state index is 0.0167. The molecule has 2 aliphatic rings. The number of hydrogen-bond donors (Lipinski definition) is 3. The summed E-state index contributed by atoms with van der Waals surface area (Å²) in [7, 11) is 1.67. The minimum atomic E-state index is -4.73. The van der Waals surface area contributed by atoms with E-state index in [0.717, 1.165) is 17.2 Å². The predicted octanol–water partition coefficient (Wildman–Crippen LogP) is 8.72. The summed E-state index contributed by atoms with van der Waals surface area (Å²) in [6, 6.07) is 11.4. The predicted molar refractivity (Wildman–Crippen MR) is 233 cm³/mol. The molecule has 2 aromatic carbocycles. The molecule has 64 heavy (non-hydrogen) atoms. The molecule has 344 valence electrons. The fraction of sp³-hybridized carbons (Fsp3) is 0.455. The number of alkyl halides is 3. The molecule has 3 heterocycles. The third kappa shape index (κ3) is 13.4. The van der Waals surface area contributed by atoms with E-state index < -0.39 is 52.9 Å². The van der Waals surface area contributed by atoms with Crippen LogP contribution in [0.15, 0.2) is 64.6 Å². The first-order valence-electron chi connectivity index (χ1n) is 20.4. The highest BCUT2D eigenvalue weighted by molar-refractivity contribution is 6.00. The highest BCUT2D eigenvalue weighted by Crippen LogP contribution is 2.39. The molecular weight excluding hydrogens is 840 g/mol. The fourth-order valence-corrected chi connectivity index (χ4v) is 6.68. The van der Waals surface area contributed by atoms with Crippen LogP contribution in [-0.4, -0.2) is 109 Å². The Morgan fingerprint density at radius 2 is 1.11 bits per heavy atom. The fourth-order valence-electron chi connectivity index (χ4n) is 6.68. The van der Waals surface area contributed by atoms with Crippen molar-refractivity contribution in [1.29, 1.82) is 0 Å². The molecule has 0 bridgehead atoms. The molecule has 17 nitrogen and oxygen atoms in total. The number of ether oxygens (including phenoxy) is 3. The van der Waals surface area contributed by atoms with Crippen LogP contribution in [-0.2, 0) is 27.4 Å². The second kappa shape index (κ2) is 18.9. The first kappa shape index (κ1) is 48.3. The normalized spacial score (nSPS) is 15.5. The maximum absolute atomic E-state index is 14.8. The molecule has 0 fully saturated rings. The van der Waals surface area contributed by atoms with Crippen LogP contribution in [0.3, 0.4) is 0 Å². The number of carboxylic acid groups (broad SMARTS) is 1. The van der Waals surface area contributed by atoms with Crippen LogP contribution in [0, 0.1) is 0 Å². The van der Waals surface area contributed by atoms with Gasteiger partial charge >= 0.3 is 30.5 Å². The smallest absolute Gasteiger partial charge is 0.437 e. The van der Waals surface area contributed by atoms with Gasteiger partial charge in [-0.05, 0) is 103 Å². The van der Waals surface area contributed by atoms with Gasteiger partial charge in [0.05, 0.1) is 5.56 Å². The molecule has 0 saturated carbocycles. The van der Waals surface area contributed by atoms with Crippen LogP contribution < -0.4 is 10.6 Å². The van der Waals surface area contributed by atoms with Crippen LogP contribution in [0.4, 0.5) is 32.3 Å². The summed E-state index contributed by atoms with van der Waals surface area (Å²) in [6.07, 6.45) is -4.74. The van der Waals surface area contributed by atoms with E-state index in [-0.39, 0.29) is 54.9 Å². The Hall–Kier alpha value is -6.73. The van der Waals surface area contributed by atoms with Gasteiger partial charge in [-0.3, -0.25) is 10.6 Å². The van der Waals surface area contributed by atoms with Gasteiger partial charge in [-0.15, -0.1) is 20.2 Å². The Kier molecular flexibility index (Phi) is 14.3. The molecule has 1 aromatic heterocycles. The van der Waals surface area contributed by atoms with Crippen molar-refractivity contribution in [2.45, 2.75) is 98.1 Å². The van der Waals surface area contributed by atoms with E-state index in [0.29, 0.717) is 29.9 Å². The number of aromatic nitrogens is 3. The van der Waals surface area contributed by atoms with E-state index >= 15 is 0 Å². The molecular formula is C44H54F3N9O8. The topological polar surface area (TPSA) is 202 Å². The Balaban J connectivity index is 1.34. The van der Waals surface area contributed by atoms with Gasteiger partial charge in [0.15, 0.2) is 11.6 Å². The van der Waals surface area contributed by atoms with E-state index in [1.807, 2.05) is 30.3 Å². The van der Waals surface area contributed by atoms with E-state index in [4.69, 9.17) is 14.2 Å². The summed E-state index contributed by atoms with van der Waals surface area (Å²) in [6.45, 7) is 15.8. The standard InChI is InChI=1S/C44H54F3N9O8/c1-41(2,3)62-38(59)49-35(48-37(57)58)55-21-17-27(18-22-55)26-11-13-29(14-12-26)33-52-53-34(54(33)10)30-15-16-31(32(25-30)44(45,46)47)28-19-23-56(24-20-28)36(50-39(60)63-42(4,5)6)51-40(61)64-43(7,8)9/h11-17,19,25H,18,20-24H2,1-10H3,(H,57,58)(H,48,49,59)(H,50,51,60,61). The number of nitrogens with one attached hydrogen (secondary N) is 2. The molecule has 0 aliphatic carbocycles. The second-order valence-electron chi connectivity index (χ2n) is 18.0. The lowest BCUT2D eigenvalue weighted by Crippen LogP contribution is -2.48. The first-order chi connectivity index (χ1) is 29.7. The summed E-state index contributed by atoms with van der Waals surface area (Å²) < 4.78 is 61.8. The van der Waals surface area contributed by atoms with Gasteiger partial charge < -0.3 is 33.7 Å². The number of benzene rings is 2. The number of nitrogens with zero attached hydrogens (tertiary/aromatic N) is 7. The quantitative estimate of drug-likeness (QED) is 0.128. The van der Waals surface area contributed by atoms with E-state index in [9.17, 15) is 37.5 Å². The second-order valence-corrected chi connectivity index (χ2v) is 18.0. The molecule has 3 N–H and O–H groups in total. The number of alkyl carbamates (subject to hydrolysis) is 1. The zero-order chi connectivity index (χ0) is 47.4. The average molecular weight is 894 g/mol. The lowest BCUT2D eigenvalue weighted by Gasteiger charge is -2.30. The van der Waals surface area contributed by atoms with Gasteiger partial charge in [-0.25, -0.2) is 19.2 Å². The number of guanidine groups is 2. The van der Waals surface area contributed by atoms with Crippen molar-refractivity contribution in [3.05, 3.63) is 71.3 Å². The van der Waals surface area contributed by atoms with Crippen molar-refractivity contribution >= 4 is 47.4 Å². The summed E-state index contributed by atoms with van der Waals surface area (Å²) >= 11 is 0. The van der Waals surface area contributed by atoms with Gasteiger partial charge in [0, 0.05) is 44.4 Å². The van der Waals surface area contributed by atoms with E-state index in [1.54, 1.807) is 91.0 Å². The van der Waals surface area contributed by atoms with Crippen molar-refractivity contribution in [2.24, 2.45) is 17.0 Å². The highest BCUT2D eigenvalue weighted by atomic mass is 19.4. The van der Waals surface area contributed by atoms with E-state index in [2.05, 4.69) is 30.8 Å². The van der Waals surface area contributed by atoms with E-state index in [1.165, 1.54) is 11.0 Å². The zero-order valence-corrected chi connectivity index (χ0v) is 37.5. The number of rotatable bonds is 4. The maximum atomic E-state index is 14.8. The van der Waals surface area contributed by atoms with Crippen LogP contribution in [0.2, 0.25) is 0 Å². The minimum Gasteiger partial charge on any atom is -0.465 e. The lowest BCUT2D eigenvalue weighted by atomic mass is 9.93. The van der Waals surface area contributed by atoms with Crippen molar-refractivity contribution in [3.63, 3.8) is 0 Å². The largest absolute Gasteiger partial charge is 0.465 e. The Morgan fingerprint density at radius 1 is 0.656 bits per heavy atom. The first-order valence-corrected chi connectivity index (χ1v) is 20.4. The highest BCUT2D eigenvalue weighted by Gasteiger charge is 2.36. The number of halogens is 3. The maximum Gasteiger partial charge on any atom is 0.437 e. The van der Waals surface area contributed by atoms with Crippen LogP contribution >= 0.6 is 0 Å². The summed E-state index contributed by atoms with van der Waals surface area (Å²) in [5, 5.41) is 22.6. The molecule has 0 unspecified atom stereocenters. The third-order valence-electron chi connectivity index (χ3n) is 9.35. The molecule has 20 heteroatoms. The Bertz CT molecular complexity index is 2380. The number of carbonyl (C=O) groups excluding carboxylic acids is 3. The van der Waals surface area contributed by atoms with Gasteiger partial charge in [-0.2, -0.15) is 13.2 Å². The van der Waals surface area contributed by atoms with Gasteiger partial charge in [0.1, 0.15) is 16.8 Å². The zero-order valence-electron chi connectivity index (χ0n) is 37.5.